The third-order valence-corrected chi connectivity index (χ3v) is 0. The molecule has 0 spiro atoms. The van der Waals surface area contributed by atoms with E-state index in [0.29, 0.717) is 0 Å². The second-order valence-corrected chi connectivity index (χ2v) is 0. The summed E-state index contributed by atoms with van der Waals surface area (Å²) in [6.45, 7) is 0. The number of hydrogen-bond acceptors (Lipinski definition) is 0. The van der Waals surface area contributed by atoms with E-state index in [-0.39, 0.29) is 120 Å². The normalized spacial score (nSPS) is 0. The molecule has 0 amide bonds. The van der Waals surface area contributed by atoms with Gasteiger partial charge in [0, 0.05) is 42.8 Å². The Balaban J connectivity index is 0. The van der Waals surface area contributed by atoms with Crippen LogP contribution in [-0.4, -0.2) is 71.9 Å². The summed E-state index contributed by atoms with van der Waals surface area (Å²) in [7, 11) is 0. The minimum atomic E-state index is 0. The molecule has 0 nitrogen and oxygen atoms in total. The molecule has 0 aromatic rings. The largest absolute Gasteiger partial charge is 2.00 e. The fraction of sp³-hybridized carbons (Fsp3) is 0. The van der Waals surface area contributed by atoms with E-state index in [1.807, 2.05) is 0 Å². The van der Waals surface area contributed by atoms with Crippen molar-refractivity contribution < 1.29 is 48.5 Å². The molecule has 0 N–H and O–H groups in total. The van der Waals surface area contributed by atoms with Gasteiger partial charge in [-0.05, 0) is 0 Å². The van der Waals surface area contributed by atoms with E-state index >= 15 is 0 Å². The first kappa shape index (κ1) is 25.1. The van der Waals surface area contributed by atoms with Crippen LogP contribution in [0.3, 0.4) is 0 Å². The molecule has 0 bridgehead atoms. The van der Waals surface area contributed by atoms with Gasteiger partial charge in [-0.3, -0.25) is 0 Å². The monoisotopic (exact) mass is 398 g/mol. The third kappa shape index (κ3) is 9.22. The Morgan fingerprint density at radius 3 is 1.25 bits per heavy atom. The molecule has 0 unspecified atom stereocenters. The summed E-state index contributed by atoms with van der Waals surface area (Å²) in [5.41, 5.74) is 0. The summed E-state index contributed by atoms with van der Waals surface area (Å²) in [5.74, 6) is 0. The van der Waals surface area contributed by atoms with Crippen LogP contribution < -0.4 is 0 Å². The Morgan fingerprint density at radius 2 is 1.25 bits per heavy atom. The van der Waals surface area contributed by atoms with Gasteiger partial charge in [-0.2, -0.15) is 0 Å². The van der Waals surface area contributed by atoms with Crippen molar-refractivity contribution in [1.82, 2.24) is 0 Å². The summed E-state index contributed by atoms with van der Waals surface area (Å²) in [4.78, 5) is 0. The average Bonchev–Trinajstić information content (AvgIpc) is 0. The first-order valence-corrected chi connectivity index (χ1v) is 0. The topological polar surface area (TPSA) is 0 Å². The summed E-state index contributed by atoms with van der Waals surface area (Å²) < 4.78 is 0. The maximum atomic E-state index is 0. The molecule has 0 saturated heterocycles. The minimum absolute atomic E-state index is 0. The quantitative estimate of drug-likeness (QED) is 0.492. The van der Waals surface area contributed by atoms with E-state index in [9.17, 15) is 0 Å². The fourth-order valence-corrected chi connectivity index (χ4v) is 0. The molecule has 0 radical (unpaired) electrons. The van der Waals surface area contributed by atoms with E-state index in [4.69, 9.17) is 0 Å². The first-order chi connectivity index (χ1) is 0. The van der Waals surface area contributed by atoms with Crippen LogP contribution >= 0.6 is 0 Å². The minimum Gasteiger partial charge on any atom is -1.00 e. The second kappa shape index (κ2) is 15.9. The molecule has 0 aliphatic carbocycles. The van der Waals surface area contributed by atoms with Gasteiger partial charge >= 0.3 is 71.9 Å². The van der Waals surface area contributed by atoms with E-state index in [0.717, 1.165) is 0 Å². The molecule has 0 rings (SSSR count). The number of hydrogen-bond donors (Lipinski definition) is 0. The Morgan fingerprint density at radius 1 is 1.25 bits per heavy atom. The molecule has 0 heterocycles. The molecule has 0 aliphatic heterocycles. The maximum Gasteiger partial charge on any atom is 2.00 e. The van der Waals surface area contributed by atoms with Crippen LogP contribution in [0, 0.1) is 0 Å². The van der Waals surface area contributed by atoms with E-state index in [2.05, 4.69) is 0 Å². The first-order valence-electron chi connectivity index (χ1n) is 0. The molecule has 0 atom stereocenters. The van der Waals surface area contributed by atoms with Crippen LogP contribution in [0.1, 0.15) is 5.71 Å². The van der Waals surface area contributed by atoms with Crippen molar-refractivity contribution in [3.63, 3.8) is 0 Å². The molecule has 0 aromatic heterocycles. The Hall–Kier alpha value is 3.74. The van der Waals surface area contributed by atoms with Crippen LogP contribution in [0.25, 0.3) is 0 Å². The van der Waals surface area contributed by atoms with Gasteiger partial charge in [-0.25, -0.2) is 0 Å². The van der Waals surface area contributed by atoms with Crippen molar-refractivity contribution in [2.24, 2.45) is 0 Å². The van der Waals surface area contributed by atoms with E-state index in [1.165, 1.54) is 0 Å². The van der Waals surface area contributed by atoms with Crippen molar-refractivity contribution in [2.75, 3.05) is 0 Å². The van der Waals surface area contributed by atoms with Crippen molar-refractivity contribution in [1.29, 1.82) is 0 Å². The smallest absolute Gasteiger partial charge is 1.00 e. The predicted octanol–water partition coefficient (Wildman–Crippen LogP) is -0.317. The summed E-state index contributed by atoms with van der Waals surface area (Å²) in [5, 5.41) is 0. The van der Waals surface area contributed by atoms with Crippen LogP contribution in [0.5, 0.6) is 0 Å². The molecule has 18 valence electrons. The third-order valence-electron chi connectivity index (χ3n) is 0. The Labute approximate surface area is 118 Å². The molecule has 0 aliphatic rings. The predicted molar refractivity (Wildman–Crippen MR) is 16.0 cm³/mol. The molecule has 4 heavy (non-hydrogen) atoms. The van der Waals surface area contributed by atoms with E-state index < -0.39 is 0 Å². The summed E-state index contributed by atoms with van der Waals surface area (Å²) in [6.07, 6.45) is 0. The molecule has 0 aromatic carbocycles. The summed E-state index contributed by atoms with van der Waals surface area (Å²) >= 11 is 0. The van der Waals surface area contributed by atoms with Crippen LogP contribution in [0.15, 0.2) is 0 Å². The Bertz CT molecular complexity index is 16.0. The molecule has 0 fully saturated rings. The fourth-order valence-electron chi connectivity index (χ4n) is 0. The van der Waals surface area contributed by atoms with Gasteiger partial charge in [-0.15, -0.1) is 0 Å². The van der Waals surface area contributed by atoms with Gasteiger partial charge in [0.25, 0.3) is 0 Å². The van der Waals surface area contributed by atoms with Crippen LogP contribution in [0.2, 0.25) is 0 Å². The zero-order valence-corrected chi connectivity index (χ0v) is 12.7. The van der Waals surface area contributed by atoms with Crippen LogP contribution in [-0.2, 0) is 42.8 Å². The second-order valence-electron chi connectivity index (χ2n) is 0. The molecule has 4 heteroatoms. The zero-order valence-electron chi connectivity index (χ0n) is 6.32. The zero-order chi connectivity index (χ0) is 0. The molecule has 0 saturated carbocycles. The SMILES string of the molecule is [Ba+2].[H-].[H-].[H-].[H-].[Mg+2].[Ti].[W]. The van der Waals surface area contributed by atoms with Gasteiger partial charge in [0.15, 0.2) is 0 Å². The van der Waals surface area contributed by atoms with Crippen molar-refractivity contribution in [3.05, 3.63) is 0 Å². The van der Waals surface area contributed by atoms with Crippen molar-refractivity contribution >= 4 is 71.9 Å². The van der Waals surface area contributed by atoms with E-state index in [1.54, 1.807) is 0 Å². The van der Waals surface area contributed by atoms with Crippen molar-refractivity contribution in [2.45, 2.75) is 0 Å². The van der Waals surface area contributed by atoms with Gasteiger partial charge in [0.2, 0.25) is 0 Å². The average molecular weight is 397 g/mol. The van der Waals surface area contributed by atoms with Gasteiger partial charge in [0.1, 0.15) is 0 Å². The van der Waals surface area contributed by atoms with Gasteiger partial charge in [0.05, 0.1) is 0 Å². The molecular weight excluding hydrogens is 393 g/mol. The summed E-state index contributed by atoms with van der Waals surface area (Å²) in [6, 6.07) is 0. The molecular formula is H4BaMgTiW. The maximum absolute atomic E-state index is 0. The van der Waals surface area contributed by atoms with Crippen molar-refractivity contribution in [3.8, 4) is 0 Å². The van der Waals surface area contributed by atoms with Crippen LogP contribution in [0.4, 0.5) is 0 Å². The van der Waals surface area contributed by atoms with Gasteiger partial charge < -0.3 is 5.71 Å². The van der Waals surface area contributed by atoms with Gasteiger partial charge in [-0.1, -0.05) is 0 Å². The standard InChI is InChI=1S/Ba.Mg.Ti.W.4H/q2*+2;;;4*-1. The Kier molecular flexibility index (Phi) is 99.8. The number of rotatable bonds is 0.